The van der Waals surface area contributed by atoms with Crippen LogP contribution >= 0.6 is 0 Å². The molecule has 128 valence electrons. The molecular weight excluding hydrogens is 312 g/mol. The second-order valence-corrected chi connectivity index (χ2v) is 5.95. The van der Waals surface area contributed by atoms with E-state index in [4.69, 9.17) is 4.42 Å². The van der Waals surface area contributed by atoms with Crippen LogP contribution in [0, 0.1) is 0 Å². The number of rotatable bonds is 7. The number of nitrogens with one attached hydrogen (secondary N) is 1. The monoisotopic (exact) mass is 335 g/mol. The van der Waals surface area contributed by atoms with Crippen LogP contribution in [0.25, 0.3) is 0 Å². The van der Waals surface area contributed by atoms with E-state index >= 15 is 0 Å². The largest absolute Gasteiger partial charge is 0.463 e. The molecule has 4 nitrogen and oxygen atoms in total. The van der Waals surface area contributed by atoms with Crippen LogP contribution in [-0.4, -0.2) is 12.5 Å². The Morgan fingerprint density at radius 1 is 1.08 bits per heavy atom. The minimum absolute atomic E-state index is 0.0271. The summed E-state index contributed by atoms with van der Waals surface area (Å²) in [6.45, 7) is 2.42. The summed E-state index contributed by atoms with van der Waals surface area (Å²) < 4.78 is 5.57. The van der Waals surface area contributed by atoms with E-state index in [0.29, 0.717) is 6.54 Å². The van der Waals surface area contributed by atoms with Crippen LogP contribution in [0.15, 0.2) is 77.4 Å². The van der Waals surface area contributed by atoms with Gasteiger partial charge in [-0.3, -0.25) is 4.79 Å². The fourth-order valence-electron chi connectivity index (χ4n) is 2.85. The number of nitrogens with two attached hydrogens (primary N) is 1. The van der Waals surface area contributed by atoms with Gasteiger partial charge in [0, 0.05) is 11.3 Å². The average molecular weight is 335 g/mol. The molecule has 0 unspecified atom stereocenters. The van der Waals surface area contributed by atoms with Crippen LogP contribution in [0.4, 0.5) is 5.69 Å². The fraction of sp³-hybridized carbons (Fsp3) is 0.190. The molecule has 1 aromatic heterocycles. The molecule has 0 aliphatic heterocycles. The lowest BCUT2D eigenvalue weighted by molar-refractivity contribution is -0.678. The van der Waals surface area contributed by atoms with Gasteiger partial charge in [-0.15, -0.1) is 0 Å². The first-order chi connectivity index (χ1) is 12.3. The summed E-state index contributed by atoms with van der Waals surface area (Å²) in [4.78, 5) is 12.3. The van der Waals surface area contributed by atoms with Crippen molar-refractivity contribution in [2.75, 3.05) is 11.9 Å². The van der Waals surface area contributed by atoms with Crippen molar-refractivity contribution >= 4 is 11.6 Å². The van der Waals surface area contributed by atoms with Crippen molar-refractivity contribution in [3.05, 3.63) is 89.9 Å². The van der Waals surface area contributed by atoms with Gasteiger partial charge >= 0.3 is 0 Å². The summed E-state index contributed by atoms with van der Waals surface area (Å²) in [5.41, 5.74) is 3.16. The third-order valence-electron chi connectivity index (χ3n) is 4.17. The summed E-state index contributed by atoms with van der Waals surface area (Å²) in [6.07, 6.45) is 2.61. The van der Waals surface area contributed by atoms with Crippen molar-refractivity contribution in [2.45, 2.75) is 19.4 Å². The van der Waals surface area contributed by atoms with Crippen LogP contribution in [0.3, 0.4) is 0 Å². The van der Waals surface area contributed by atoms with E-state index in [2.05, 4.69) is 18.3 Å². The van der Waals surface area contributed by atoms with E-state index in [-0.39, 0.29) is 11.9 Å². The molecule has 1 atom stereocenters. The normalized spacial score (nSPS) is 11.9. The highest BCUT2D eigenvalue weighted by molar-refractivity contribution is 5.91. The summed E-state index contributed by atoms with van der Waals surface area (Å²) in [6, 6.07) is 21.8. The predicted molar refractivity (Wildman–Crippen MR) is 98.2 cm³/mol. The Balaban J connectivity index is 1.66. The molecule has 0 bridgehead atoms. The number of anilines is 1. The van der Waals surface area contributed by atoms with E-state index in [1.54, 1.807) is 6.26 Å². The summed E-state index contributed by atoms with van der Waals surface area (Å²) in [5, 5.41) is 4.96. The van der Waals surface area contributed by atoms with Gasteiger partial charge in [-0.25, -0.2) is 0 Å². The summed E-state index contributed by atoms with van der Waals surface area (Å²) in [7, 11) is 0. The number of hydrogen-bond donors (Lipinski definition) is 2. The van der Waals surface area contributed by atoms with Gasteiger partial charge in [0.1, 0.15) is 0 Å². The van der Waals surface area contributed by atoms with Crippen molar-refractivity contribution in [3.8, 4) is 0 Å². The standard InChI is InChI=1S/C21H22N2O2/c1-2-16-8-6-11-18(14-16)23-20(24)15-22-21(19-12-7-13-25-19)17-9-4-3-5-10-17/h3-14,21-22H,2,15H2,1H3,(H,23,24)/p+1/t21-/m0/s1. The minimum Gasteiger partial charge on any atom is -0.463 e. The maximum absolute atomic E-state index is 12.3. The number of furan rings is 1. The molecule has 0 aliphatic carbocycles. The van der Waals surface area contributed by atoms with Gasteiger partial charge in [-0.05, 0) is 36.2 Å². The van der Waals surface area contributed by atoms with Gasteiger partial charge in [-0.1, -0.05) is 49.4 Å². The third-order valence-corrected chi connectivity index (χ3v) is 4.17. The van der Waals surface area contributed by atoms with Crippen LogP contribution in [0.5, 0.6) is 0 Å². The van der Waals surface area contributed by atoms with E-state index in [0.717, 1.165) is 23.4 Å². The van der Waals surface area contributed by atoms with E-state index in [1.165, 1.54) is 5.56 Å². The number of carbonyl (C=O) groups excluding carboxylic acids is 1. The molecule has 0 aliphatic rings. The van der Waals surface area contributed by atoms with Gasteiger partial charge in [0.25, 0.3) is 5.91 Å². The minimum atomic E-state index is -0.0380. The topological polar surface area (TPSA) is 58.9 Å². The fourth-order valence-corrected chi connectivity index (χ4v) is 2.85. The number of quaternary nitrogens is 1. The smallest absolute Gasteiger partial charge is 0.279 e. The molecular formula is C21H23N2O2+. The molecule has 25 heavy (non-hydrogen) atoms. The van der Waals surface area contributed by atoms with Gasteiger partial charge in [0.15, 0.2) is 18.3 Å². The lowest BCUT2D eigenvalue weighted by Crippen LogP contribution is -2.87. The molecule has 0 radical (unpaired) electrons. The van der Waals surface area contributed by atoms with Crippen molar-refractivity contribution in [1.29, 1.82) is 0 Å². The van der Waals surface area contributed by atoms with Crippen LogP contribution in [0.2, 0.25) is 0 Å². The number of carbonyl (C=O) groups is 1. The number of benzene rings is 2. The Bertz CT molecular complexity index is 798. The number of amides is 1. The molecule has 3 rings (SSSR count). The Morgan fingerprint density at radius 2 is 1.92 bits per heavy atom. The van der Waals surface area contributed by atoms with Crippen molar-refractivity contribution in [3.63, 3.8) is 0 Å². The zero-order chi connectivity index (χ0) is 17.5. The van der Waals surface area contributed by atoms with Crippen molar-refractivity contribution in [2.24, 2.45) is 0 Å². The number of aryl methyl sites for hydroxylation is 1. The summed E-state index contributed by atoms with van der Waals surface area (Å²) in [5.74, 6) is 0.813. The lowest BCUT2D eigenvalue weighted by Gasteiger charge is -2.14. The van der Waals surface area contributed by atoms with Crippen molar-refractivity contribution in [1.82, 2.24) is 0 Å². The molecule has 1 heterocycles. The van der Waals surface area contributed by atoms with E-state index < -0.39 is 0 Å². The maximum atomic E-state index is 12.3. The van der Waals surface area contributed by atoms with Crippen LogP contribution in [-0.2, 0) is 11.2 Å². The molecule has 2 aromatic carbocycles. The van der Waals surface area contributed by atoms with Gasteiger partial charge in [0.2, 0.25) is 0 Å². The third kappa shape index (κ3) is 4.58. The lowest BCUT2D eigenvalue weighted by atomic mass is 10.0. The molecule has 0 saturated heterocycles. The highest BCUT2D eigenvalue weighted by atomic mass is 16.3. The number of hydrogen-bond acceptors (Lipinski definition) is 2. The quantitative estimate of drug-likeness (QED) is 0.697. The molecule has 0 spiro atoms. The van der Waals surface area contributed by atoms with Gasteiger partial charge in [0.05, 0.1) is 6.26 Å². The highest BCUT2D eigenvalue weighted by Gasteiger charge is 2.21. The SMILES string of the molecule is CCc1cccc(NC(=O)C[NH2+][C@@H](c2ccccc2)c2ccco2)c1. The Kier molecular flexibility index (Phi) is 5.65. The van der Waals surface area contributed by atoms with Crippen LogP contribution in [0.1, 0.15) is 29.9 Å². The molecule has 3 N–H and O–H groups in total. The first-order valence-electron chi connectivity index (χ1n) is 8.56. The average Bonchev–Trinajstić information content (AvgIpc) is 3.17. The molecule has 1 amide bonds. The Morgan fingerprint density at radius 3 is 2.64 bits per heavy atom. The Labute approximate surface area is 147 Å². The maximum Gasteiger partial charge on any atom is 0.279 e. The Hall–Kier alpha value is -2.85. The molecule has 4 heteroatoms. The zero-order valence-corrected chi connectivity index (χ0v) is 14.3. The molecule has 3 aromatic rings. The molecule has 0 saturated carbocycles. The van der Waals surface area contributed by atoms with Gasteiger partial charge < -0.3 is 15.1 Å². The zero-order valence-electron chi connectivity index (χ0n) is 14.3. The second kappa shape index (κ2) is 8.31. The second-order valence-electron chi connectivity index (χ2n) is 5.95. The van der Waals surface area contributed by atoms with E-state index in [1.807, 2.05) is 66.0 Å². The van der Waals surface area contributed by atoms with Crippen LogP contribution < -0.4 is 10.6 Å². The van der Waals surface area contributed by atoms with Gasteiger partial charge in [-0.2, -0.15) is 0 Å². The highest BCUT2D eigenvalue weighted by Crippen LogP contribution is 2.18. The first kappa shape index (κ1) is 17.0. The predicted octanol–water partition coefficient (Wildman–Crippen LogP) is 3.13. The first-order valence-corrected chi connectivity index (χ1v) is 8.56. The van der Waals surface area contributed by atoms with Crippen molar-refractivity contribution < 1.29 is 14.5 Å². The summed E-state index contributed by atoms with van der Waals surface area (Å²) >= 11 is 0. The van der Waals surface area contributed by atoms with E-state index in [9.17, 15) is 4.79 Å². The molecule has 0 fully saturated rings.